The van der Waals surface area contributed by atoms with Crippen LogP contribution in [-0.2, 0) is 0 Å². The monoisotopic (exact) mass is 290 g/mol. The molecule has 0 aliphatic carbocycles. The second-order valence-corrected chi connectivity index (χ2v) is 5.72. The molecular weight excluding hydrogens is 264 g/mol. The minimum Gasteiger partial charge on any atom is -0.373 e. The molecule has 1 amide bonds. The Hall–Kier alpha value is -1.62. The lowest BCUT2D eigenvalue weighted by Crippen LogP contribution is -2.51. The first-order chi connectivity index (χ1) is 10.0. The van der Waals surface area contributed by atoms with E-state index in [1.54, 1.807) is 0 Å². The molecule has 1 aliphatic rings. The fraction of sp³-hybridized carbons (Fsp3) is 0.625. The average Bonchev–Trinajstić information content (AvgIpc) is 2.52. The van der Waals surface area contributed by atoms with Gasteiger partial charge in [0, 0.05) is 50.5 Å². The molecule has 2 heterocycles. The van der Waals surface area contributed by atoms with Gasteiger partial charge in [0.05, 0.1) is 0 Å². The fourth-order valence-corrected chi connectivity index (χ4v) is 2.73. The number of aromatic nitrogens is 1. The lowest BCUT2D eigenvalue weighted by Gasteiger charge is -2.37. The van der Waals surface area contributed by atoms with Crippen LogP contribution in [0.5, 0.6) is 0 Å². The summed E-state index contributed by atoms with van der Waals surface area (Å²) >= 11 is 0. The summed E-state index contributed by atoms with van der Waals surface area (Å²) in [5.41, 5.74) is 1.59. The molecule has 0 spiro atoms. The van der Waals surface area contributed by atoms with E-state index in [0.29, 0.717) is 6.04 Å². The molecule has 21 heavy (non-hydrogen) atoms. The lowest BCUT2D eigenvalue weighted by molar-refractivity contribution is 0.0579. The average molecular weight is 290 g/mol. The number of carbonyl (C=O) groups excluding carboxylic acids is 1. The van der Waals surface area contributed by atoms with Crippen molar-refractivity contribution in [2.24, 2.45) is 0 Å². The van der Waals surface area contributed by atoms with Gasteiger partial charge < -0.3 is 10.2 Å². The third kappa shape index (κ3) is 3.73. The van der Waals surface area contributed by atoms with Crippen molar-refractivity contribution in [2.45, 2.75) is 33.2 Å². The Morgan fingerprint density at radius 3 is 2.57 bits per heavy atom. The third-order valence-corrected chi connectivity index (χ3v) is 4.27. The van der Waals surface area contributed by atoms with E-state index in [2.05, 4.69) is 29.0 Å². The topological polar surface area (TPSA) is 48.5 Å². The van der Waals surface area contributed by atoms with Crippen molar-refractivity contribution in [3.8, 4) is 0 Å². The van der Waals surface area contributed by atoms with Crippen LogP contribution >= 0.6 is 0 Å². The van der Waals surface area contributed by atoms with E-state index in [-0.39, 0.29) is 5.91 Å². The molecule has 1 aromatic heterocycles. The van der Waals surface area contributed by atoms with Gasteiger partial charge in [0.25, 0.3) is 5.91 Å². The number of amides is 1. The molecule has 5 nitrogen and oxygen atoms in total. The van der Waals surface area contributed by atoms with E-state index in [1.807, 2.05) is 31.0 Å². The number of carbonyl (C=O) groups is 1. The van der Waals surface area contributed by atoms with E-state index in [1.165, 1.54) is 0 Å². The molecule has 1 N–H and O–H groups in total. The Bertz CT molecular complexity index is 495. The zero-order chi connectivity index (χ0) is 15.4. The van der Waals surface area contributed by atoms with Gasteiger partial charge in [-0.3, -0.25) is 9.69 Å². The van der Waals surface area contributed by atoms with Crippen LogP contribution in [0.15, 0.2) is 12.1 Å². The number of anilines is 1. The van der Waals surface area contributed by atoms with E-state index in [0.717, 1.165) is 49.7 Å². The number of piperazine rings is 1. The Labute approximate surface area is 127 Å². The zero-order valence-electron chi connectivity index (χ0n) is 13.5. The van der Waals surface area contributed by atoms with E-state index in [4.69, 9.17) is 0 Å². The molecule has 0 radical (unpaired) electrons. The Balaban J connectivity index is 2.03. The van der Waals surface area contributed by atoms with Crippen molar-refractivity contribution >= 4 is 11.7 Å². The summed E-state index contributed by atoms with van der Waals surface area (Å²) in [4.78, 5) is 21.4. The summed E-state index contributed by atoms with van der Waals surface area (Å²) in [6.07, 6.45) is 1.16. The number of hydrogen-bond donors (Lipinski definition) is 1. The van der Waals surface area contributed by atoms with E-state index in [9.17, 15) is 4.79 Å². The molecule has 1 fully saturated rings. The second-order valence-electron chi connectivity index (χ2n) is 5.72. The number of nitrogens with one attached hydrogen (secondary N) is 1. The van der Waals surface area contributed by atoms with Crippen molar-refractivity contribution < 1.29 is 4.79 Å². The molecular formula is C16H26N4O. The summed E-state index contributed by atoms with van der Waals surface area (Å²) in [7, 11) is 1.82. The Morgan fingerprint density at radius 2 is 2.00 bits per heavy atom. The SMILES string of the molecule is CCC(C)N1CCN(C(=O)c2cc(C)nc(NC)c2)CC1. The first-order valence-corrected chi connectivity index (χ1v) is 7.75. The first-order valence-electron chi connectivity index (χ1n) is 7.75. The normalized spacial score (nSPS) is 17.6. The van der Waals surface area contributed by atoms with Crippen molar-refractivity contribution in [2.75, 3.05) is 38.5 Å². The highest BCUT2D eigenvalue weighted by Gasteiger charge is 2.24. The van der Waals surface area contributed by atoms with Gasteiger partial charge in [-0.2, -0.15) is 0 Å². The second kappa shape index (κ2) is 6.89. The van der Waals surface area contributed by atoms with Crippen LogP contribution in [0, 0.1) is 6.92 Å². The predicted molar refractivity (Wildman–Crippen MR) is 85.8 cm³/mol. The van der Waals surface area contributed by atoms with Crippen molar-refractivity contribution in [1.29, 1.82) is 0 Å². The van der Waals surface area contributed by atoms with Gasteiger partial charge in [0.2, 0.25) is 0 Å². The van der Waals surface area contributed by atoms with Gasteiger partial charge in [0.1, 0.15) is 5.82 Å². The van der Waals surface area contributed by atoms with Crippen LogP contribution in [0.2, 0.25) is 0 Å². The molecule has 1 atom stereocenters. The number of aryl methyl sites for hydroxylation is 1. The van der Waals surface area contributed by atoms with Gasteiger partial charge in [0.15, 0.2) is 0 Å². The Morgan fingerprint density at radius 1 is 1.33 bits per heavy atom. The van der Waals surface area contributed by atoms with Crippen LogP contribution in [0.4, 0.5) is 5.82 Å². The molecule has 1 saturated heterocycles. The highest BCUT2D eigenvalue weighted by Crippen LogP contribution is 2.15. The summed E-state index contributed by atoms with van der Waals surface area (Å²) in [6.45, 7) is 9.91. The number of rotatable bonds is 4. The highest BCUT2D eigenvalue weighted by atomic mass is 16.2. The van der Waals surface area contributed by atoms with E-state index < -0.39 is 0 Å². The van der Waals surface area contributed by atoms with Gasteiger partial charge in [-0.1, -0.05) is 6.92 Å². The van der Waals surface area contributed by atoms with Gasteiger partial charge in [-0.05, 0) is 32.4 Å². The lowest BCUT2D eigenvalue weighted by atomic mass is 10.1. The maximum atomic E-state index is 12.6. The quantitative estimate of drug-likeness (QED) is 0.921. The van der Waals surface area contributed by atoms with Crippen LogP contribution in [-0.4, -0.2) is 60.0 Å². The summed E-state index contributed by atoms with van der Waals surface area (Å²) in [5, 5.41) is 3.01. The van der Waals surface area contributed by atoms with E-state index >= 15 is 0 Å². The molecule has 116 valence electrons. The smallest absolute Gasteiger partial charge is 0.254 e. The number of hydrogen-bond acceptors (Lipinski definition) is 4. The zero-order valence-corrected chi connectivity index (χ0v) is 13.5. The molecule has 0 aromatic carbocycles. The molecule has 0 saturated carbocycles. The van der Waals surface area contributed by atoms with Crippen molar-refractivity contribution in [3.05, 3.63) is 23.4 Å². The number of pyridine rings is 1. The molecule has 2 rings (SSSR count). The first kappa shape index (κ1) is 15.8. The van der Waals surface area contributed by atoms with Crippen LogP contribution in [0.3, 0.4) is 0 Å². The van der Waals surface area contributed by atoms with Gasteiger partial charge >= 0.3 is 0 Å². The molecule has 1 unspecified atom stereocenters. The van der Waals surface area contributed by atoms with Crippen LogP contribution < -0.4 is 5.32 Å². The minimum absolute atomic E-state index is 0.112. The molecule has 1 aliphatic heterocycles. The number of nitrogens with zero attached hydrogens (tertiary/aromatic N) is 3. The molecule has 0 bridgehead atoms. The predicted octanol–water partition coefficient (Wildman–Crippen LogP) is 1.99. The molecule has 1 aromatic rings. The van der Waals surface area contributed by atoms with Crippen molar-refractivity contribution in [3.63, 3.8) is 0 Å². The largest absolute Gasteiger partial charge is 0.373 e. The fourth-order valence-electron chi connectivity index (χ4n) is 2.73. The Kier molecular flexibility index (Phi) is 5.17. The maximum Gasteiger partial charge on any atom is 0.254 e. The maximum absolute atomic E-state index is 12.6. The van der Waals surface area contributed by atoms with Crippen LogP contribution in [0.1, 0.15) is 36.3 Å². The minimum atomic E-state index is 0.112. The van der Waals surface area contributed by atoms with Gasteiger partial charge in [-0.15, -0.1) is 0 Å². The van der Waals surface area contributed by atoms with Crippen molar-refractivity contribution in [1.82, 2.24) is 14.8 Å². The summed E-state index contributed by atoms with van der Waals surface area (Å²) in [5.74, 6) is 0.859. The third-order valence-electron chi connectivity index (χ3n) is 4.27. The van der Waals surface area contributed by atoms with Crippen LogP contribution in [0.25, 0.3) is 0 Å². The highest BCUT2D eigenvalue weighted by molar-refractivity contribution is 5.95. The standard InChI is InChI=1S/C16H26N4O/c1-5-13(3)19-6-8-20(9-7-19)16(21)14-10-12(2)18-15(11-14)17-4/h10-11,13H,5-9H2,1-4H3,(H,17,18). The van der Waals surface area contributed by atoms with Gasteiger partial charge in [-0.25, -0.2) is 4.98 Å². The summed E-state index contributed by atoms with van der Waals surface area (Å²) in [6, 6.07) is 4.29. The molecule has 5 heteroatoms. The summed E-state index contributed by atoms with van der Waals surface area (Å²) < 4.78 is 0.